The molecule has 1 amide bonds. The highest BCUT2D eigenvalue weighted by molar-refractivity contribution is 5.81. The van der Waals surface area contributed by atoms with Crippen molar-refractivity contribution in [3.05, 3.63) is 40.6 Å². The molecule has 1 fully saturated rings. The number of amides is 1. The summed E-state index contributed by atoms with van der Waals surface area (Å²) in [5.41, 5.74) is -1.03. The van der Waals surface area contributed by atoms with Crippen LogP contribution in [-0.2, 0) is 16.0 Å². The van der Waals surface area contributed by atoms with E-state index in [4.69, 9.17) is 0 Å². The van der Waals surface area contributed by atoms with Gasteiger partial charge in [-0.1, -0.05) is 6.08 Å². The van der Waals surface area contributed by atoms with Gasteiger partial charge in [-0.3, -0.25) is 14.4 Å². The molecule has 0 bridgehead atoms. The minimum Gasteiger partial charge on any atom is -0.481 e. The number of aliphatic carboxylic acids is 1. The van der Waals surface area contributed by atoms with Crippen LogP contribution in [0.1, 0.15) is 30.7 Å². The smallest absolute Gasteiger partial charge is 0.311 e. The highest BCUT2D eigenvalue weighted by atomic mass is 16.4. The third-order valence-corrected chi connectivity index (χ3v) is 4.26. The molecule has 2 rings (SSSR count). The molecule has 1 aromatic heterocycles. The lowest BCUT2D eigenvalue weighted by Gasteiger charge is -2.39. The Morgan fingerprint density at radius 2 is 2.30 bits per heavy atom. The summed E-state index contributed by atoms with van der Waals surface area (Å²) in [6, 6.07) is 0. The second-order valence-corrected chi connectivity index (χ2v) is 6.00. The van der Waals surface area contributed by atoms with Gasteiger partial charge in [0.15, 0.2) is 0 Å². The van der Waals surface area contributed by atoms with Gasteiger partial charge in [-0.2, -0.15) is 0 Å². The largest absolute Gasteiger partial charge is 0.481 e. The molecule has 1 atom stereocenters. The van der Waals surface area contributed by atoms with E-state index in [-0.39, 0.29) is 30.0 Å². The number of nitrogens with one attached hydrogen (secondary N) is 1. The monoisotopic (exact) mass is 319 g/mol. The van der Waals surface area contributed by atoms with E-state index >= 15 is 0 Å². The van der Waals surface area contributed by atoms with Crippen LogP contribution >= 0.6 is 0 Å². The molecular formula is C16H21N3O4. The molecule has 2 heterocycles. The number of likely N-dealkylation sites (tertiary alicyclic amines) is 1. The Kier molecular flexibility index (Phi) is 4.98. The van der Waals surface area contributed by atoms with Gasteiger partial charge in [0, 0.05) is 24.8 Å². The number of carboxylic acid groups (broad SMARTS) is 1. The van der Waals surface area contributed by atoms with E-state index < -0.39 is 11.4 Å². The second kappa shape index (κ2) is 6.76. The van der Waals surface area contributed by atoms with Crippen LogP contribution in [0.5, 0.6) is 0 Å². The zero-order valence-electron chi connectivity index (χ0n) is 13.2. The topological polar surface area (TPSA) is 103 Å². The molecule has 124 valence electrons. The summed E-state index contributed by atoms with van der Waals surface area (Å²) in [6.07, 6.45) is 4.35. The average molecular weight is 319 g/mol. The van der Waals surface area contributed by atoms with Crippen molar-refractivity contribution in [3.63, 3.8) is 0 Å². The molecule has 0 aliphatic carbocycles. The van der Waals surface area contributed by atoms with Crippen LogP contribution < -0.4 is 5.56 Å². The van der Waals surface area contributed by atoms with E-state index in [0.717, 1.165) is 0 Å². The van der Waals surface area contributed by atoms with Crippen LogP contribution in [0.25, 0.3) is 0 Å². The summed E-state index contributed by atoms with van der Waals surface area (Å²) in [5, 5.41) is 9.53. The minimum absolute atomic E-state index is 0.0770. The number of carboxylic acids is 1. The molecule has 23 heavy (non-hydrogen) atoms. The fourth-order valence-corrected chi connectivity index (χ4v) is 2.96. The molecule has 7 heteroatoms. The normalized spacial score (nSPS) is 21.0. The number of aryl methyl sites for hydroxylation is 1. The average Bonchev–Trinajstić information content (AvgIpc) is 2.50. The first-order valence-corrected chi connectivity index (χ1v) is 7.55. The second-order valence-electron chi connectivity index (χ2n) is 6.00. The number of rotatable bonds is 5. The predicted octanol–water partition coefficient (Wildman–Crippen LogP) is 0.890. The van der Waals surface area contributed by atoms with Gasteiger partial charge in [-0.15, -0.1) is 6.58 Å². The molecule has 0 aromatic carbocycles. The van der Waals surface area contributed by atoms with Crippen LogP contribution in [0.4, 0.5) is 0 Å². The van der Waals surface area contributed by atoms with Crippen molar-refractivity contribution >= 4 is 11.9 Å². The van der Waals surface area contributed by atoms with E-state index in [1.807, 2.05) is 0 Å². The Morgan fingerprint density at radius 3 is 2.91 bits per heavy atom. The molecule has 2 N–H and O–H groups in total. The van der Waals surface area contributed by atoms with Crippen molar-refractivity contribution in [3.8, 4) is 0 Å². The van der Waals surface area contributed by atoms with Gasteiger partial charge in [0.25, 0.3) is 5.56 Å². The summed E-state index contributed by atoms with van der Waals surface area (Å²) >= 11 is 0. The Hall–Kier alpha value is -2.44. The maximum Gasteiger partial charge on any atom is 0.311 e. The standard InChI is InChI=1S/C16H21N3O4/c1-3-5-16(15(22)23)6-4-7-19(10-16)13(20)8-12-9-17-11(2)18-14(12)21/h3,9H,1,4-8,10H2,2H3,(H,22,23)(H,17,18,21). The van der Waals surface area contributed by atoms with Gasteiger partial charge in [0.2, 0.25) is 5.91 Å². The number of carbonyl (C=O) groups excluding carboxylic acids is 1. The van der Waals surface area contributed by atoms with E-state index in [1.54, 1.807) is 13.0 Å². The number of piperidine rings is 1. The van der Waals surface area contributed by atoms with Crippen molar-refractivity contribution < 1.29 is 14.7 Å². The fourth-order valence-electron chi connectivity index (χ4n) is 2.96. The van der Waals surface area contributed by atoms with Crippen molar-refractivity contribution in [2.24, 2.45) is 5.41 Å². The molecule has 0 saturated carbocycles. The zero-order chi connectivity index (χ0) is 17.0. The summed E-state index contributed by atoms with van der Waals surface area (Å²) in [7, 11) is 0. The number of hydrogen-bond donors (Lipinski definition) is 2. The molecule has 7 nitrogen and oxygen atoms in total. The van der Waals surface area contributed by atoms with E-state index in [1.165, 1.54) is 11.1 Å². The number of nitrogens with zero attached hydrogens (tertiary/aromatic N) is 2. The summed E-state index contributed by atoms with van der Waals surface area (Å²) in [6.45, 7) is 5.93. The molecule has 1 aliphatic heterocycles. The Labute approximate surface area is 134 Å². The lowest BCUT2D eigenvalue weighted by atomic mass is 9.77. The molecule has 1 aliphatic rings. The van der Waals surface area contributed by atoms with Crippen LogP contribution in [0.2, 0.25) is 0 Å². The van der Waals surface area contributed by atoms with Crippen LogP contribution in [-0.4, -0.2) is 44.9 Å². The third-order valence-electron chi connectivity index (χ3n) is 4.26. The Bertz CT molecular complexity index is 682. The maximum absolute atomic E-state index is 12.4. The van der Waals surface area contributed by atoms with E-state index in [9.17, 15) is 19.5 Å². The van der Waals surface area contributed by atoms with Crippen molar-refractivity contribution in [2.75, 3.05) is 13.1 Å². The number of carbonyl (C=O) groups is 2. The highest BCUT2D eigenvalue weighted by Crippen LogP contribution is 2.34. The first-order valence-electron chi connectivity index (χ1n) is 7.55. The van der Waals surface area contributed by atoms with Gasteiger partial charge in [0.1, 0.15) is 5.82 Å². The highest BCUT2D eigenvalue weighted by Gasteiger charge is 2.42. The molecule has 1 aromatic rings. The molecular weight excluding hydrogens is 298 g/mol. The van der Waals surface area contributed by atoms with Gasteiger partial charge < -0.3 is 15.0 Å². The van der Waals surface area contributed by atoms with Gasteiger partial charge in [-0.25, -0.2) is 4.98 Å². The van der Waals surface area contributed by atoms with Crippen molar-refractivity contribution in [1.82, 2.24) is 14.9 Å². The van der Waals surface area contributed by atoms with Crippen molar-refractivity contribution in [2.45, 2.75) is 32.6 Å². The molecule has 1 unspecified atom stereocenters. The molecule has 0 radical (unpaired) electrons. The molecule has 1 saturated heterocycles. The van der Waals surface area contributed by atoms with Crippen molar-refractivity contribution in [1.29, 1.82) is 0 Å². The molecule has 0 spiro atoms. The number of aromatic amines is 1. The predicted molar refractivity (Wildman–Crippen MR) is 84.0 cm³/mol. The quantitative estimate of drug-likeness (QED) is 0.785. The fraction of sp³-hybridized carbons (Fsp3) is 0.500. The van der Waals surface area contributed by atoms with Gasteiger partial charge in [0.05, 0.1) is 11.8 Å². The minimum atomic E-state index is -0.979. The van der Waals surface area contributed by atoms with Gasteiger partial charge >= 0.3 is 5.97 Å². The van der Waals surface area contributed by atoms with Crippen LogP contribution in [0, 0.1) is 12.3 Å². The van der Waals surface area contributed by atoms with Crippen LogP contribution in [0.15, 0.2) is 23.6 Å². The first-order chi connectivity index (χ1) is 10.9. The summed E-state index contributed by atoms with van der Waals surface area (Å²) in [5.74, 6) is -0.680. The number of hydrogen-bond acceptors (Lipinski definition) is 4. The third kappa shape index (κ3) is 3.67. The lowest BCUT2D eigenvalue weighted by molar-refractivity contribution is -0.154. The Morgan fingerprint density at radius 1 is 1.57 bits per heavy atom. The number of aromatic nitrogens is 2. The number of H-pyrrole nitrogens is 1. The lowest BCUT2D eigenvalue weighted by Crippen LogP contribution is -2.50. The van der Waals surface area contributed by atoms with E-state index in [0.29, 0.717) is 31.6 Å². The first kappa shape index (κ1) is 16.9. The van der Waals surface area contributed by atoms with E-state index in [2.05, 4.69) is 16.5 Å². The van der Waals surface area contributed by atoms with Gasteiger partial charge in [-0.05, 0) is 26.2 Å². The maximum atomic E-state index is 12.4. The van der Waals surface area contributed by atoms with Crippen LogP contribution in [0.3, 0.4) is 0 Å². The zero-order valence-corrected chi connectivity index (χ0v) is 13.2. The summed E-state index contributed by atoms with van der Waals surface area (Å²) < 4.78 is 0. The SMILES string of the molecule is C=CCC1(C(=O)O)CCCN(C(=O)Cc2cnc(C)[nH]c2=O)C1. The number of allylic oxidation sites excluding steroid dienone is 1. The summed E-state index contributed by atoms with van der Waals surface area (Å²) in [4.78, 5) is 44.0. The Balaban J connectivity index is 2.14.